The van der Waals surface area contributed by atoms with Crippen molar-refractivity contribution in [2.24, 2.45) is 0 Å². The molecule has 2 aliphatic rings. The number of anilines is 1. The highest BCUT2D eigenvalue weighted by atomic mass is 35.5. The molecule has 1 fully saturated rings. The predicted octanol–water partition coefficient (Wildman–Crippen LogP) is 3.90. The van der Waals surface area contributed by atoms with Crippen molar-refractivity contribution < 1.29 is 19.0 Å². The highest BCUT2D eigenvalue weighted by Gasteiger charge is 2.29. The van der Waals surface area contributed by atoms with Crippen LogP contribution in [-0.4, -0.2) is 49.8 Å². The van der Waals surface area contributed by atoms with Gasteiger partial charge in [0.2, 0.25) is 5.91 Å². The van der Waals surface area contributed by atoms with Crippen LogP contribution in [0.25, 0.3) is 0 Å². The lowest BCUT2D eigenvalue weighted by atomic mass is 10.1. The highest BCUT2D eigenvalue weighted by Crippen LogP contribution is 2.32. The Bertz CT molecular complexity index is 858. The van der Waals surface area contributed by atoms with E-state index in [1.54, 1.807) is 0 Å². The number of halogens is 1. The summed E-state index contributed by atoms with van der Waals surface area (Å²) in [5.74, 6) is 1.32. The number of amides is 1. The zero-order valence-corrected chi connectivity index (χ0v) is 17.2. The number of carbonyl (C=O) groups excluding carboxylic acids is 1. The zero-order valence-electron chi connectivity index (χ0n) is 16.4. The first-order valence-electron chi connectivity index (χ1n) is 9.92. The third-order valence-electron chi connectivity index (χ3n) is 5.28. The maximum atomic E-state index is 12.9. The number of hydrogen-bond donors (Lipinski definition) is 1. The average molecular weight is 417 g/mol. The molecule has 1 amide bonds. The van der Waals surface area contributed by atoms with Gasteiger partial charge in [-0.2, -0.15) is 0 Å². The largest absolute Gasteiger partial charge is 0.490 e. The zero-order chi connectivity index (χ0) is 20.2. The Morgan fingerprint density at radius 3 is 2.66 bits per heavy atom. The van der Waals surface area contributed by atoms with Crippen LogP contribution in [0.15, 0.2) is 42.5 Å². The molecular weight excluding hydrogens is 392 g/mol. The minimum atomic E-state index is -0.287. The fourth-order valence-electron chi connectivity index (χ4n) is 3.55. The number of carbonyl (C=O) groups is 1. The molecule has 7 heteroatoms. The van der Waals surface area contributed by atoms with E-state index in [1.807, 2.05) is 49.4 Å². The van der Waals surface area contributed by atoms with Crippen molar-refractivity contribution in [3.63, 3.8) is 0 Å². The molecule has 0 spiro atoms. The minimum absolute atomic E-state index is 0.0590. The first kappa shape index (κ1) is 20.0. The van der Waals surface area contributed by atoms with Gasteiger partial charge in [-0.3, -0.25) is 9.69 Å². The number of morpholine rings is 1. The molecule has 1 N–H and O–H groups in total. The van der Waals surface area contributed by atoms with Crippen LogP contribution in [0.3, 0.4) is 0 Å². The molecule has 2 aromatic carbocycles. The fraction of sp³-hybridized carbons (Fsp3) is 0.409. The molecule has 29 heavy (non-hydrogen) atoms. The van der Waals surface area contributed by atoms with Gasteiger partial charge in [0.1, 0.15) is 0 Å². The lowest BCUT2D eigenvalue weighted by Crippen LogP contribution is -2.48. The van der Waals surface area contributed by atoms with Gasteiger partial charge < -0.3 is 19.5 Å². The summed E-state index contributed by atoms with van der Waals surface area (Å²) in [4.78, 5) is 15.0. The number of fused-ring (bicyclic) bond motifs is 1. The van der Waals surface area contributed by atoms with Gasteiger partial charge in [-0.1, -0.05) is 23.7 Å². The number of hydrogen-bond acceptors (Lipinski definition) is 5. The van der Waals surface area contributed by atoms with E-state index in [2.05, 4.69) is 10.2 Å². The van der Waals surface area contributed by atoms with Crippen molar-refractivity contribution in [1.82, 2.24) is 4.90 Å². The molecule has 2 heterocycles. The van der Waals surface area contributed by atoms with E-state index in [4.69, 9.17) is 25.8 Å². The SMILES string of the molecule is CC(C(=O)Nc1ccc2c(c1)OCCCO2)N1CCOC(c2ccc(Cl)cc2)C1. The Morgan fingerprint density at radius 1 is 1.10 bits per heavy atom. The summed E-state index contributed by atoms with van der Waals surface area (Å²) >= 11 is 5.98. The van der Waals surface area contributed by atoms with E-state index in [1.165, 1.54) is 0 Å². The van der Waals surface area contributed by atoms with E-state index in [-0.39, 0.29) is 18.1 Å². The molecule has 6 nitrogen and oxygen atoms in total. The highest BCUT2D eigenvalue weighted by molar-refractivity contribution is 6.30. The van der Waals surface area contributed by atoms with Gasteiger partial charge in [-0.05, 0) is 36.8 Å². The minimum Gasteiger partial charge on any atom is -0.490 e. The summed E-state index contributed by atoms with van der Waals surface area (Å²) in [6, 6.07) is 12.9. The van der Waals surface area contributed by atoms with E-state index in [0.717, 1.165) is 12.0 Å². The summed E-state index contributed by atoms with van der Waals surface area (Å²) in [5.41, 5.74) is 1.77. The van der Waals surface area contributed by atoms with Gasteiger partial charge in [0.05, 0.1) is 32.0 Å². The summed E-state index contributed by atoms with van der Waals surface area (Å²) in [5, 5.41) is 3.70. The summed E-state index contributed by atoms with van der Waals surface area (Å²) in [6.07, 6.45) is 0.772. The van der Waals surface area contributed by atoms with Crippen molar-refractivity contribution in [2.75, 3.05) is 38.2 Å². The Hall–Kier alpha value is -2.28. The second-order valence-corrected chi connectivity index (χ2v) is 7.72. The van der Waals surface area contributed by atoms with Crippen LogP contribution in [0.4, 0.5) is 5.69 Å². The molecule has 0 radical (unpaired) electrons. The number of benzene rings is 2. The van der Waals surface area contributed by atoms with Crippen molar-refractivity contribution >= 4 is 23.2 Å². The maximum Gasteiger partial charge on any atom is 0.241 e. The average Bonchev–Trinajstić information content (AvgIpc) is 2.99. The van der Waals surface area contributed by atoms with E-state index < -0.39 is 0 Å². The van der Waals surface area contributed by atoms with Crippen molar-refractivity contribution in [3.8, 4) is 11.5 Å². The van der Waals surface area contributed by atoms with Crippen LogP contribution in [-0.2, 0) is 9.53 Å². The van der Waals surface area contributed by atoms with Crippen molar-refractivity contribution in [3.05, 3.63) is 53.1 Å². The van der Waals surface area contributed by atoms with Crippen LogP contribution in [0.2, 0.25) is 5.02 Å². The summed E-state index contributed by atoms with van der Waals surface area (Å²) < 4.78 is 17.3. The van der Waals surface area contributed by atoms with Crippen molar-refractivity contribution in [1.29, 1.82) is 0 Å². The third kappa shape index (κ3) is 4.83. The predicted molar refractivity (Wildman–Crippen MR) is 112 cm³/mol. The maximum absolute atomic E-state index is 12.9. The molecular formula is C22H25ClN2O4. The molecule has 0 bridgehead atoms. The van der Waals surface area contributed by atoms with E-state index in [0.29, 0.717) is 55.1 Å². The quantitative estimate of drug-likeness (QED) is 0.819. The van der Waals surface area contributed by atoms with Gasteiger partial charge >= 0.3 is 0 Å². The molecule has 0 saturated carbocycles. The summed E-state index contributed by atoms with van der Waals surface area (Å²) in [7, 11) is 0. The van der Waals surface area contributed by atoms with Crippen LogP contribution in [0, 0.1) is 0 Å². The first-order chi connectivity index (χ1) is 14.1. The smallest absolute Gasteiger partial charge is 0.241 e. The van der Waals surface area contributed by atoms with Gasteiger partial charge in [-0.15, -0.1) is 0 Å². The number of ether oxygens (including phenoxy) is 3. The molecule has 2 atom stereocenters. The standard InChI is InChI=1S/C22H25ClN2O4/c1-15(25-9-12-29-21(14-25)16-3-5-17(23)6-4-16)22(26)24-18-7-8-19-20(13-18)28-11-2-10-27-19/h3-8,13,15,21H,2,9-12,14H2,1H3,(H,24,26). The molecule has 1 saturated heterocycles. The second-order valence-electron chi connectivity index (χ2n) is 7.28. The topological polar surface area (TPSA) is 60.0 Å². The Morgan fingerprint density at radius 2 is 1.86 bits per heavy atom. The first-order valence-corrected chi connectivity index (χ1v) is 10.3. The van der Waals surface area contributed by atoms with E-state index in [9.17, 15) is 4.79 Å². The van der Waals surface area contributed by atoms with Gasteiger partial charge in [0.15, 0.2) is 11.5 Å². The number of nitrogens with zero attached hydrogens (tertiary/aromatic N) is 1. The lowest BCUT2D eigenvalue weighted by molar-refractivity contribution is -0.124. The number of nitrogens with one attached hydrogen (secondary N) is 1. The van der Waals surface area contributed by atoms with E-state index >= 15 is 0 Å². The molecule has 0 aliphatic carbocycles. The fourth-order valence-corrected chi connectivity index (χ4v) is 3.68. The van der Waals surface area contributed by atoms with Crippen LogP contribution in [0.1, 0.15) is 25.0 Å². The van der Waals surface area contributed by atoms with Crippen LogP contribution >= 0.6 is 11.6 Å². The number of rotatable bonds is 4. The normalized spacial score (nSPS) is 20.6. The molecule has 154 valence electrons. The molecule has 0 aromatic heterocycles. The lowest BCUT2D eigenvalue weighted by Gasteiger charge is -2.36. The van der Waals surface area contributed by atoms with Crippen molar-refractivity contribution in [2.45, 2.75) is 25.5 Å². The monoisotopic (exact) mass is 416 g/mol. The van der Waals surface area contributed by atoms with Crippen LogP contribution in [0.5, 0.6) is 11.5 Å². The summed E-state index contributed by atoms with van der Waals surface area (Å²) in [6.45, 7) is 5.11. The Kier molecular flexibility index (Phi) is 6.23. The molecule has 2 aromatic rings. The van der Waals surface area contributed by atoms with Gasteiger partial charge in [0.25, 0.3) is 0 Å². The van der Waals surface area contributed by atoms with Crippen LogP contribution < -0.4 is 14.8 Å². The van der Waals surface area contributed by atoms with Gasteiger partial charge in [0, 0.05) is 36.3 Å². The Balaban J connectivity index is 1.39. The van der Waals surface area contributed by atoms with Gasteiger partial charge in [-0.25, -0.2) is 0 Å². The second kappa shape index (κ2) is 9.03. The molecule has 4 rings (SSSR count). The third-order valence-corrected chi connectivity index (χ3v) is 5.53. The molecule has 2 aliphatic heterocycles. The Labute approximate surface area is 175 Å². The molecule has 2 unspecified atom stereocenters.